The van der Waals surface area contributed by atoms with Crippen LogP contribution in [0.1, 0.15) is 12.0 Å². The van der Waals surface area contributed by atoms with Crippen LogP contribution in [-0.2, 0) is 0 Å². The van der Waals surface area contributed by atoms with E-state index in [0.717, 1.165) is 17.7 Å². The zero-order chi connectivity index (χ0) is 9.68. The Hall–Kier alpha value is -0.290. The first-order chi connectivity index (χ1) is 6.22. The molecule has 0 bridgehead atoms. The fourth-order valence-electron chi connectivity index (χ4n) is 0.846. The average molecular weight is 231 g/mol. The van der Waals surface area contributed by atoms with E-state index in [4.69, 9.17) is 23.2 Å². The number of thiol groups is 1. The van der Waals surface area contributed by atoms with Gasteiger partial charge in [0.05, 0.1) is 0 Å². The van der Waals surface area contributed by atoms with Crippen molar-refractivity contribution in [2.45, 2.75) is 6.42 Å². The first kappa shape index (κ1) is 10.8. The molecule has 3 heteroatoms. The first-order valence-corrected chi connectivity index (χ1v) is 5.17. The molecule has 13 heavy (non-hydrogen) atoms. The monoisotopic (exact) mass is 230 g/mol. The van der Waals surface area contributed by atoms with Crippen LogP contribution in [0.4, 0.5) is 0 Å². The Balaban J connectivity index is 2.85. The van der Waals surface area contributed by atoms with Crippen molar-refractivity contribution >= 4 is 35.8 Å². The summed E-state index contributed by atoms with van der Waals surface area (Å²) in [4.78, 5) is 0. The molecule has 0 saturated heterocycles. The molecule has 0 atom stereocenters. The molecule has 0 radical (unpaired) electrons. The SMILES string of the molecule is SCCC#Cc1cc(Cl)cc(Cl)c1. The van der Waals surface area contributed by atoms with Crippen LogP contribution in [0.5, 0.6) is 0 Å². The van der Waals surface area contributed by atoms with E-state index in [1.165, 1.54) is 0 Å². The van der Waals surface area contributed by atoms with Gasteiger partial charge in [0.1, 0.15) is 0 Å². The van der Waals surface area contributed by atoms with Gasteiger partial charge in [-0.2, -0.15) is 12.6 Å². The lowest BCUT2D eigenvalue weighted by Gasteiger charge is -1.94. The molecular weight excluding hydrogens is 223 g/mol. The summed E-state index contributed by atoms with van der Waals surface area (Å²) in [7, 11) is 0. The summed E-state index contributed by atoms with van der Waals surface area (Å²) in [6, 6.07) is 5.27. The Morgan fingerprint density at radius 3 is 2.31 bits per heavy atom. The molecule has 1 aromatic carbocycles. The topological polar surface area (TPSA) is 0 Å². The van der Waals surface area contributed by atoms with Crippen LogP contribution < -0.4 is 0 Å². The molecule has 1 rings (SSSR count). The predicted molar refractivity (Wildman–Crippen MR) is 61.8 cm³/mol. The smallest absolute Gasteiger partial charge is 0.0433 e. The van der Waals surface area contributed by atoms with Crippen molar-refractivity contribution in [3.05, 3.63) is 33.8 Å². The minimum atomic E-state index is 0.614. The number of hydrogen-bond donors (Lipinski definition) is 1. The Labute approximate surface area is 93.7 Å². The maximum Gasteiger partial charge on any atom is 0.0433 e. The molecule has 0 aromatic heterocycles. The quantitative estimate of drug-likeness (QED) is 0.553. The fourth-order valence-corrected chi connectivity index (χ4v) is 1.48. The Morgan fingerprint density at radius 2 is 1.77 bits per heavy atom. The van der Waals surface area contributed by atoms with Gasteiger partial charge in [0.25, 0.3) is 0 Å². The van der Waals surface area contributed by atoms with Gasteiger partial charge in [0.2, 0.25) is 0 Å². The lowest BCUT2D eigenvalue weighted by Crippen LogP contribution is -1.75. The van der Waals surface area contributed by atoms with Crippen LogP contribution in [0.25, 0.3) is 0 Å². The van der Waals surface area contributed by atoms with Gasteiger partial charge in [-0.05, 0) is 18.2 Å². The van der Waals surface area contributed by atoms with E-state index in [9.17, 15) is 0 Å². The molecule has 0 amide bonds. The largest absolute Gasteiger partial charge is 0.178 e. The van der Waals surface area contributed by atoms with Crippen LogP contribution in [-0.4, -0.2) is 5.75 Å². The molecule has 0 heterocycles. The molecule has 0 saturated carbocycles. The zero-order valence-electron chi connectivity index (χ0n) is 6.85. The fraction of sp³-hybridized carbons (Fsp3) is 0.200. The number of halogens is 2. The molecule has 0 unspecified atom stereocenters. The summed E-state index contributed by atoms with van der Waals surface area (Å²) < 4.78 is 0. The van der Waals surface area contributed by atoms with Crippen molar-refractivity contribution in [1.82, 2.24) is 0 Å². The van der Waals surface area contributed by atoms with Gasteiger partial charge >= 0.3 is 0 Å². The highest BCUT2D eigenvalue weighted by molar-refractivity contribution is 7.80. The van der Waals surface area contributed by atoms with E-state index in [0.29, 0.717) is 10.0 Å². The third kappa shape index (κ3) is 3.95. The van der Waals surface area contributed by atoms with Crippen molar-refractivity contribution in [3.63, 3.8) is 0 Å². The number of rotatable bonds is 1. The van der Waals surface area contributed by atoms with Crippen LogP contribution in [0, 0.1) is 11.8 Å². The summed E-state index contributed by atoms with van der Waals surface area (Å²) in [5.41, 5.74) is 0.847. The molecule has 0 nitrogen and oxygen atoms in total. The summed E-state index contributed by atoms with van der Waals surface area (Å²) in [5.74, 6) is 6.69. The summed E-state index contributed by atoms with van der Waals surface area (Å²) >= 11 is 15.6. The van der Waals surface area contributed by atoms with Crippen molar-refractivity contribution < 1.29 is 0 Å². The Bertz CT molecular complexity index is 329. The third-order valence-corrected chi connectivity index (χ3v) is 1.99. The summed E-state index contributed by atoms with van der Waals surface area (Å²) in [6.45, 7) is 0. The molecule has 0 spiro atoms. The van der Waals surface area contributed by atoms with Gasteiger partial charge < -0.3 is 0 Å². The highest BCUT2D eigenvalue weighted by atomic mass is 35.5. The maximum absolute atomic E-state index is 5.80. The minimum absolute atomic E-state index is 0.614. The molecule has 0 aliphatic heterocycles. The van der Waals surface area contributed by atoms with Crippen molar-refractivity contribution in [3.8, 4) is 11.8 Å². The van der Waals surface area contributed by atoms with Gasteiger partial charge in [-0.1, -0.05) is 35.0 Å². The lowest BCUT2D eigenvalue weighted by molar-refractivity contribution is 1.31. The second-order valence-electron chi connectivity index (χ2n) is 2.43. The van der Waals surface area contributed by atoms with E-state index in [1.807, 2.05) is 0 Å². The van der Waals surface area contributed by atoms with Crippen LogP contribution in [0.3, 0.4) is 0 Å². The molecule has 0 aliphatic carbocycles. The minimum Gasteiger partial charge on any atom is -0.178 e. The number of benzene rings is 1. The van der Waals surface area contributed by atoms with Gasteiger partial charge in [-0.25, -0.2) is 0 Å². The second-order valence-corrected chi connectivity index (χ2v) is 3.75. The Morgan fingerprint density at radius 1 is 1.15 bits per heavy atom. The molecule has 0 N–H and O–H groups in total. The molecule has 68 valence electrons. The van der Waals surface area contributed by atoms with Crippen LogP contribution >= 0.6 is 35.8 Å². The van der Waals surface area contributed by atoms with E-state index in [2.05, 4.69) is 24.5 Å². The van der Waals surface area contributed by atoms with Gasteiger partial charge in [0.15, 0.2) is 0 Å². The summed E-state index contributed by atoms with van der Waals surface area (Å²) in [6.07, 6.45) is 0.771. The highest BCUT2D eigenvalue weighted by Gasteiger charge is 1.94. The van der Waals surface area contributed by atoms with Gasteiger partial charge in [0, 0.05) is 27.8 Å². The zero-order valence-corrected chi connectivity index (χ0v) is 9.26. The van der Waals surface area contributed by atoms with E-state index >= 15 is 0 Å². The standard InChI is InChI=1S/C10H8Cl2S/c11-9-5-8(3-1-2-4-13)6-10(12)7-9/h5-7,13H,2,4H2. The lowest BCUT2D eigenvalue weighted by atomic mass is 10.2. The highest BCUT2D eigenvalue weighted by Crippen LogP contribution is 2.18. The molecular formula is C10H8Cl2S. The second kappa shape index (κ2) is 5.44. The van der Waals surface area contributed by atoms with Crippen LogP contribution in [0.15, 0.2) is 18.2 Å². The van der Waals surface area contributed by atoms with E-state index < -0.39 is 0 Å². The van der Waals surface area contributed by atoms with Crippen molar-refractivity contribution in [2.24, 2.45) is 0 Å². The molecule has 1 aromatic rings. The Kier molecular flexibility index (Phi) is 4.52. The van der Waals surface area contributed by atoms with E-state index in [-0.39, 0.29) is 0 Å². The van der Waals surface area contributed by atoms with Crippen LogP contribution in [0.2, 0.25) is 10.0 Å². The predicted octanol–water partition coefficient (Wildman–Crippen LogP) is 3.66. The number of hydrogen-bond acceptors (Lipinski definition) is 1. The maximum atomic E-state index is 5.80. The van der Waals surface area contributed by atoms with Crippen molar-refractivity contribution in [2.75, 3.05) is 5.75 Å². The van der Waals surface area contributed by atoms with Gasteiger partial charge in [-0.3, -0.25) is 0 Å². The molecule has 0 aliphatic rings. The first-order valence-electron chi connectivity index (χ1n) is 3.78. The van der Waals surface area contributed by atoms with Crippen molar-refractivity contribution in [1.29, 1.82) is 0 Å². The third-order valence-electron chi connectivity index (χ3n) is 1.33. The van der Waals surface area contributed by atoms with E-state index in [1.54, 1.807) is 18.2 Å². The van der Waals surface area contributed by atoms with Gasteiger partial charge in [-0.15, -0.1) is 0 Å². The molecule has 0 fully saturated rings. The normalized spacial score (nSPS) is 9.15. The average Bonchev–Trinajstić information content (AvgIpc) is 2.03. The summed E-state index contributed by atoms with van der Waals surface area (Å²) in [5, 5.41) is 1.23.